The van der Waals surface area contributed by atoms with Gasteiger partial charge in [-0.25, -0.2) is 19.2 Å². The fourth-order valence-electron chi connectivity index (χ4n) is 7.75. The van der Waals surface area contributed by atoms with Gasteiger partial charge in [-0.05, 0) is 119 Å². The first-order valence-corrected chi connectivity index (χ1v) is 23.5. The highest BCUT2D eigenvalue weighted by Gasteiger charge is 2.53. The maximum atomic E-state index is 13.7. The highest BCUT2D eigenvalue weighted by Crippen LogP contribution is 2.33. The van der Waals surface area contributed by atoms with E-state index in [9.17, 15) is 54.5 Å². The molecule has 4 rings (SSSR count). The van der Waals surface area contributed by atoms with Crippen molar-refractivity contribution < 1.29 is 87.2 Å². The number of alkyl carbamates (subject to hydrolysis) is 4. The average Bonchev–Trinajstić information content (AvgIpc) is 3.24. The third-order valence-corrected chi connectivity index (χ3v) is 10.9. The summed E-state index contributed by atoms with van der Waals surface area (Å²) in [6.45, 7) is 15.2. The second-order valence-corrected chi connectivity index (χ2v) is 20.8. The topological polar surface area (TPSA) is 355 Å². The number of nitro benzene ring substituents is 1. The average molecular weight is 1030 g/mol. The lowest BCUT2D eigenvalue weighted by Crippen LogP contribution is -2.70. The Kier molecular flexibility index (Phi) is 20.4. The molecule has 0 bridgehead atoms. The molecule has 26 heteroatoms. The summed E-state index contributed by atoms with van der Waals surface area (Å²) < 4.78 is 46.4. The highest BCUT2D eigenvalue weighted by atomic mass is 16.7. The molecule has 5 amide bonds. The summed E-state index contributed by atoms with van der Waals surface area (Å²) in [6, 6.07) is 0.705. The van der Waals surface area contributed by atoms with E-state index in [2.05, 4.69) is 31.9 Å². The normalized spacial score (nSPS) is 28.1. The summed E-state index contributed by atoms with van der Waals surface area (Å²) in [5, 5.41) is 72.8. The summed E-state index contributed by atoms with van der Waals surface area (Å²) in [4.78, 5) is 75.9. The number of nitrogens with one attached hydrogen (secondary N) is 6. The lowest BCUT2D eigenvalue weighted by Gasteiger charge is -2.49. The third kappa shape index (κ3) is 18.5. The van der Waals surface area contributed by atoms with E-state index < -0.39 is 125 Å². The van der Waals surface area contributed by atoms with Gasteiger partial charge in [-0.1, -0.05) is 0 Å². The molecule has 2 heterocycles. The van der Waals surface area contributed by atoms with Gasteiger partial charge in [-0.15, -0.1) is 0 Å². The van der Waals surface area contributed by atoms with E-state index in [0.29, 0.717) is 5.56 Å². The Morgan fingerprint density at radius 3 is 1.89 bits per heavy atom. The number of aliphatic hydroxyl groups is 4. The van der Waals surface area contributed by atoms with Crippen LogP contribution in [-0.2, 0) is 49.3 Å². The Bertz CT molecular complexity index is 2050. The number of rotatable bonds is 17. The van der Waals surface area contributed by atoms with E-state index in [0.717, 1.165) is 0 Å². The van der Waals surface area contributed by atoms with Gasteiger partial charge in [-0.3, -0.25) is 14.9 Å². The van der Waals surface area contributed by atoms with Crippen LogP contribution in [0.2, 0.25) is 0 Å². The molecular weight excluding hydrogens is 955 g/mol. The van der Waals surface area contributed by atoms with Crippen molar-refractivity contribution in [1.82, 2.24) is 31.9 Å². The van der Waals surface area contributed by atoms with Gasteiger partial charge in [0, 0.05) is 18.7 Å². The molecule has 2 fully saturated rings. The van der Waals surface area contributed by atoms with Crippen LogP contribution in [0.4, 0.5) is 24.9 Å². The molecule has 1 aromatic rings. The van der Waals surface area contributed by atoms with Gasteiger partial charge in [0.05, 0.1) is 42.2 Å². The predicted octanol–water partition coefficient (Wildman–Crippen LogP) is 1.59. The molecule has 0 spiro atoms. The van der Waals surface area contributed by atoms with Crippen molar-refractivity contribution in [3.8, 4) is 0 Å². The monoisotopic (exact) mass is 1030 g/mol. The molecule has 2 aliphatic heterocycles. The zero-order chi connectivity index (χ0) is 53.9. The molecule has 0 unspecified atom stereocenters. The first-order chi connectivity index (χ1) is 33.3. The molecule has 12 atom stereocenters. The Hall–Kier alpha value is -5.61. The predicted molar refractivity (Wildman–Crippen MR) is 252 cm³/mol. The number of hydrogen-bond donors (Lipinski definition) is 10. The van der Waals surface area contributed by atoms with Gasteiger partial charge < -0.3 is 90.2 Å². The molecule has 26 nitrogen and oxygen atoms in total. The number of carbonyl (C=O) groups is 5. The van der Waals surface area contributed by atoms with E-state index >= 15 is 0 Å². The Morgan fingerprint density at radius 1 is 0.792 bits per heavy atom. The number of non-ortho nitro benzene ring substituents is 1. The molecule has 1 saturated carbocycles. The van der Waals surface area contributed by atoms with Gasteiger partial charge >= 0.3 is 24.4 Å². The molecule has 0 aromatic heterocycles. The molecule has 10 N–H and O–H groups in total. The van der Waals surface area contributed by atoms with Crippen molar-refractivity contribution in [1.29, 1.82) is 0 Å². The summed E-state index contributed by atoms with van der Waals surface area (Å²) in [5.74, 6) is -0.873. The van der Waals surface area contributed by atoms with Crippen molar-refractivity contribution in [3.05, 3.63) is 51.8 Å². The smallest absolute Gasteiger partial charge is 0.408 e. The van der Waals surface area contributed by atoms with Crippen LogP contribution in [0.25, 0.3) is 0 Å². The second kappa shape index (κ2) is 24.9. The van der Waals surface area contributed by atoms with Gasteiger partial charge in [-0.2, -0.15) is 0 Å². The molecule has 1 aromatic carbocycles. The van der Waals surface area contributed by atoms with E-state index in [1.165, 1.54) is 38.2 Å². The standard InChI is InChI=1S/C46H73N7O19/c1-43(2,3)70-40(59)48-19-18-30(54)36(57)50-28-20-29(52-42(61)72-45(7,8)9)34(31(55)33(28)69-38-32(56)35(47-11)46(10,62)23-66-38)68-37-27(51-41(60)71-44(4,5)6)17-16-26(67-37)21-49-39(58)65-22-24-12-14-25(15-13-24)53(63)64/h12-16,27-35,37-38,47,54-56,62H,17-23H2,1-11H3,(H,48,59)(H,49,58)(H,50,57)(H,51,60)(H,52,61)/t27-,28-,29+,30+,31-,32-,33+,34-,35-,37-,38-,46+/m1/s1. The van der Waals surface area contributed by atoms with E-state index in [1.54, 1.807) is 68.4 Å². The molecule has 1 saturated heterocycles. The Morgan fingerprint density at radius 2 is 1.33 bits per heavy atom. The van der Waals surface area contributed by atoms with Crippen molar-refractivity contribution in [3.63, 3.8) is 0 Å². The van der Waals surface area contributed by atoms with Gasteiger partial charge in [0.1, 0.15) is 65.3 Å². The lowest BCUT2D eigenvalue weighted by molar-refractivity contribution is -0.384. The van der Waals surface area contributed by atoms with E-state index in [-0.39, 0.29) is 57.0 Å². The number of likely N-dealkylation sites (N-methyl/N-ethyl adjacent to an activating group) is 1. The van der Waals surface area contributed by atoms with Crippen LogP contribution >= 0.6 is 0 Å². The Labute approximate surface area is 417 Å². The maximum Gasteiger partial charge on any atom is 0.408 e. The number of nitro groups is 1. The zero-order valence-electron chi connectivity index (χ0n) is 42.5. The quantitative estimate of drug-likeness (QED) is 0.0602. The summed E-state index contributed by atoms with van der Waals surface area (Å²) in [7, 11) is 1.49. The number of benzene rings is 1. The second-order valence-electron chi connectivity index (χ2n) is 20.8. The summed E-state index contributed by atoms with van der Waals surface area (Å²) in [6.07, 6.45) is -14.0. The number of carbonyl (C=O) groups excluding carboxylic acids is 5. The van der Waals surface area contributed by atoms with Crippen molar-refractivity contribution >= 4 is 36.0 Å². The fraction of sp³-hybridized carbons (Fsp3) is 0.717. The van der Waals surface area contributed by atoms with Crippen molar-refractivity contribution in [2.24, 2.45) is 0 Å². The summed E-state index contributed by atoms with van der Waals surface area (Å²) >= 11 is 0. The fourth-order valence-corrected chi connectivity index (χ4v) is 7.75. The minimum atomic E-state index is -1.89. The number of hydrogen-bond acceptors (Lipinski definition) is 20. The molecule has 406 valence electrons. The van der Waals surface area contributed by atoms with E-state index in [1.807, 2.05) is 0 Å². The van der Waals surface area contributed by atoms with Crippen molar-refractivity contribution in [2.75, 3.05) is 26.7 Å². The minimum Gasteiger partial charge on any atom is -0.465 e. The third-order valence-electron chi connectivity index (χ3n) is 10.9. The van der Waals surface area contributed by atoms with Crippen LogP contribution in [0.1, 0.15) is 94.1 Å². The summed E-state index contributed by atoms with van der Waals surface area (Å²) in [5.41, 5.74) is -4.02. The van der Waals surface area contributed by atoms with Gasteiger partial charge in [0.15, 0.2) is 6.29 Å². The first kappa shape index (κ1) is 59.0. The van der Waals surface area contributed by atoms with Crippen LogP contribution in [0, 0.1) is 10.1 Å². The number of aliphatic hydroxyl groups excluding tert-OH is 3. The van der Waals surface area contributed by atoms with Crippen LogP contribution < -0.4 is 31.9 Å². The maximum absolute atomic E-state index is 13.7. The molecule has 1 aliphatic carbocycles. The van der Waals surface area contributed by atoms with Crippen molar-refractivity contribution in [2.45, 2.75) is 185 Å². The zero-order valence-corrected chi connectivity index (χ0v) is 42.5. The van der Waals surface area contributed by atoms with E-state index in [4.69, 9.17) is 37.9 Å². The number of nitrogens with zero attached hydrogens (tertiary/aromatic N) is 1. The number of ether oxygens (including phenoxy) is 8. The molecule has 3 aliphatic rings. The minimum absolute atomic E-state index is 0.00152. The van der Waals surface area contributed by atoms with Crippen LogP contribution in [0.5, 0.6) is 0 Å². The molecule has 0 radical (unpaired) electrons. The largest absolute Gasteiger partial charge is 0.465 e. The van der Waals surface area contributed by atoms with Gasteiger partial charge in [0.25, 0.3) is 5.69 Å². The Balaban J connectivity index is 1.66. The molecular formula is C46H73N7O19. The highest BCUT2D eigenvalue weighted by molar-refractivity contribution is 5.81. The van der Waals surface area contributed by atoms with Crippen LogP contribution in [0.15, 0.2) is 36.1 Å². The first-order valence-electron chi connectivity index (χ1n) is 23.5. The van der Waals surface area contributed by atoms with Crippen LogP contribution in [0.3, 0.4) is 0 Å². The SMILES string of the molecule is CN[C@@H]1[C@@H](O)[C@@H](O[C@@H]2[C@@H](O)[C@H](O[C@H]3OC(CNC(=O)OCc4ccc([N+](=O)[O-])cc4)=CC[C@H]3NC(=O)OC(C)(C)C)[C@@H](NC(=O)OC(C)(C)C)C[C@H]2NC(=O)[C@@H](O)CCNC(=O)OC(C)(C)C)OC[C@]1(C)O. The number of amides is 5. The molecule has 72 heavy (non-hydrogen) atoms. The van der Waals surface area contributed by atoms with Crippen LogP contribution in [-0.4, -0.2) is 172 Å². The lowest BCUT2D eigenvalue weighted by atomic mass is 9.82. The van der Waals surface area contributed by atoms with Gasteiger partial charge in [0.2, 0.25) is 12.2 Å².